The molecular weight excluding hydrogens is 274 g/mol. The molecule has 2 fully saturated rings. The number of nitrogens with zero attached hydrogens (tertiary/aromatic N) is 1. The van der Waals surface area contributed by atoms with Crippen LogP contribution in [0, 0.1) is 0 Å². The predicted octanol–water partition coefficient (Wildman–Crippen LogP) is 1.58. The van der Waals surface area contributed by atoms with Crippen molar-refractivity contribution in [1.29, 1.82) is 0 Å². The summed E-state index contributed by atoms with van der Waals surface area (Å²) < 4.78 is 23.8. The van der Waals surface area contributed by atoms with E-state index in [4.69, 9.17) is 5.73 Å². The third-order valence-electron chi connectivity index (χ3n) is 4.39. The van der Waals surface area contributed by atoms with Gasteiger partial charge in [0.2, 0.25) is 0 Å². The van der Waals surface area contributed by atoms with E-state index in [0.717, 1.165) is 32.1 Å². The van der Waals surface area contributed by atoms with Gasteiger partial charge in [-0.25, -0.2) is 8.42 Å². The summed E-state index contributed by atoms with van der Waals surface area (Å²) in [6.45, 7) is 0.313. The van der Waals surface area contributed by atoms with E-state index in [0.29, 0.717) is 24.3 Å². The Balaban J connectivity index is 1.83. The van der Waals surface area contributed by atoms with Crippen LogP contribution in [0.5, 0.6) is 0 Å². The van der Waals surface area contributed by atoms with Gasteiger partial charge in [0.15, 0.2) is 15.8 Å². The zero-order valence-corrected chi connectivity index (χ0v) is 13.0. The Morgan fingerprint density at radius 3 is 2.35 bits per heavy atom. The summed E-state index contributed by atoms with van der Waals surface area (Å²) >= 11 is 0. The van der Waals surface area contributed by atoms with Crippen molar-refractivity contribution in [1.82, 2.24) is 5.32 Å². The van der Waals surface area contributed by atoms with Gasteiger partial charge in [-0.05, 0) is 25.7 Å². The second-order valence-corrected chi connectivity index (χ2v) is 8.44. The summed E-state index contributed by atoms with van der Waals surface area (Å²) in [7, 11) is -2.95. The van der Waals surface area contributed by atoms with E-state index in [9.17, 15) is 8.42 Å². The van der Waals surface area contributed by atoms with E-state index in [1.165, 1.54) is 25.7 Å². The van der Waals surface area contributed by atoms with Gasteiger partial charge in [-0.2, -0.15) is 0 Å². The van der Waals surface area contributed by atoms with E-state index < -0.39 is 9.84 Å². The molecule has 1 saturated heterocycles. The van der Waals surface area contributed by atoms with Crippen molar-refractivity contribution in [2.75, 3.05) is 12.3 Å². The van der Waals surface area contributed by atoms with Crippen molar-refractivity contribution in [3.63, 3.8) is 0 Å². The number of guanidine groups is 1. The molecule has 5 nitrogen and oxygen atoms in total. The largest absolute Gasteiger partial charge is 0.370 e. The maximum absolute atomic E-state index is 11.9. The highest BCUT2D eigenvalue weighted by molar-refractivity contribution is 7.92. The minimum atomic E-state index is -2.95. The lowest BCUT2D eigenvalue weighted by Crippen LogP contribution is -2.41. The van der Waals surface area contributed by atoms with Crippen molar-refractivity contribution in [2.45, 2.75) is 69.1 Å². The van der Waals surface area contributed by atoms with Gasteiger partial charge in [0, 0.05) is 6.04 Å². The van der Waals surface area contributed by atoms with Gasteiger partial charge in [-0.1, -0.05) is 32.1 Å². The molecule has 116 valence electrons. The number of hydrogen-bond acceptors (Lipinski definition) is 3. The molecule has 0 aromatic rings. The normalized spacial score (nSPS) is 28.8. The van der Waals surface area contributed by atoms with Crippen LogP contribution in [-0.2, 0) is 9.84 Å². The van der Waals surface area contributed by atoms with Crippen molar-refractivity contribution in [3.8, 4) is 0 Å². The molecule has 20 heavy (non-hydrogen) atoms. The summed E-state index contributed by atoms with van der Waals surface area (Å²) in [5, 5.41) is 2.93. The fourth-order valence-electron chi connectivity index (χ4n) is 3.10. The standard InChI is InChI=1S/C14H27N3O2S/c15-14(17-12-7-3-1-2-4-8-12)16-11-13-9-5-6-10-20(13,18)19/h12-13H,1-11H2,(H3,15,16,17). The fraction of sp³-hybridized carbons (Fsp3) is 0.929. The van der Waals surface area contributed by atoms with Crippen LogP contribution in [-0.4, -0.2) is 38.0 Å². The molecule has 0 aromatic carbocycles. The first kappa shape index (κ1) is 15.6. The van der Waals surface area contributed by atoms with E-state index in [1.807, 2.05) is 0 Å². The topological polar surface area (TPSA) is 84.5 Å². The first-order chi connectivity index (χ1) is 9.58. The Labute approximate surface area is 122 Å². The molecule has 3 N–H and O–H groups in total. The Hall–Kier alpha value is -0.780. The van der Waals surface area contributed by atoms with Gasteiger partial charge >= 0.3 is 0 Å². The maximum atomic E-state index is 11.9. The van der Waals surface area contributed by atoms with Crippen LogP contribution in [0.25, 0.3) is 0 Å². The summed E-state index contributed by atoms with van der Waals surface area (Å²) in [6.07, 6.45) is 9.85. The van der Waals surface area contributed by atoms with Crippen LogP contribution in [0.4, 0.5) is 0 Å². The summed E-state index contributed by atoms with van der Waals surface area (Å²) in [5.74, 6) is 0.723. The maximum Gasteiger partial charge on any atom is 0.188 e. The monoisotopic (exact) mass is 301 g/mol. The first-order valence-electron chi connectivity index (χ1n) is 7.86. The molecule has 6 heteroatoms. The van der Waals surface area contributed by atoms with Gasteiger partial charge in [0.05, 0.1) is 17.5 Å². The molecule has 2 aliphatic rings. The minimum Gasteiger partial charge on any atom is -0.370 e. The Morgan fingerprint density at radius 1 is 1.05 bits per heavy atom. The Morgan fingerprint density at radius 2 is 1.70 bits per heavy atom. The molecule has 1 aliphatic heterocycles. The third kappa shape index (κ3) is 4.65. The van der Waals surface area contributed by atoms with Crippen LogP contribution in [0.1, 0.15) is 57.8 Å². The second-order valence-electron chi connectivity index (χ2n) is 6.04. The number of sulfone groups is 1. The number of rotatable bonds is 3. The van der Waals surface area contributed by atoms with Gasteiger partial charge in [-0.3, -0.25) is 4.99 Å². The molecule has 0 radical (unpaired) electrons. The molecule has 0 aromatic heterocycles. The van der Waals surface area contributed by atoms with Crippen LogP contribution in [0.15, 0.2) is 4.99 Å². The molecule has 0 amide bonds. The van der Waals surface area contributed by atoms with Crippen molar-refractivity contribution >= 4 is 15.8 Å². The number of nitrogens with one attached hydrogen (secondary N) is 1. The van der Waals surface area contributed by atoms with Crippen molar-refractivity contribution in [3.05, 3.63) is 0 Å². The molecular formula is C14H27N3O2S. The van der Waals surface area contributed by atoms with Crippen molar-refractivity contribution < 1.29 is 8.42 Å². The average Bonchev–Trinajstić information content (AvgIpc) is 2.65. The zero-order valence-electron chi connectivity index (χ0n) is 12.2. The fourth-order valence-corrected chi connectivity index (χ4v) is 4.87. The van der Waals surface area contributed by atoms with Gasteiger partial charge in [-0.15, -0.1) is 0 Å². The van der Waals surface area contributed by atoms with Crippen molar-refractivity contribution in [2.24, 2.45) is 10.7 Å². The van der Waals surface area contributed by atoms with Gasteiger partial charge in [0.1, 0.15) is 0 Å². The van der Waals surface area contributed by atoms with Gasteiger partial charge in [0.25, 0.3) is 0 Å². The van der Waals surface area contributed by atoms with Crippen LogP contribution >= 0.6 is 0 Å². The van der Waals surface area contributed by atoms with E-state index in [1.54, 1.807) is 0 Å². The number of nitrogens with two attached hydrogens (primary N) is 1. The highest BCUT2D eigenvalue weighted by Gasteiger charge is 2.28. The molecule has 1 aliphatic carbocycles. The average molecular weight is 301 g/mol. The number of aliphatic imine (C=N–C) groups is 1. The molecule has 1 unspecified atom stereocenters. The lowest BCUT2D eigenvalue weighted by atomic mass is 10.1. The smallest absolute Gasteiger partial charge is 0.188 e. The van der Waals surface area contributed by atoms with E-state index >= 15 is 0 Å². The number of hydrogen-bond donors (Lipinski definition) is 2. The summed E-state index contributed by atoms with van der Waals surface area (Å²) in [4.78, 5) is 4.27. The first-order valence-corrected chi connectivity index (χ1v) is 9.57. The highest BCUT2D eigenvalue weighted by Crippen LogP contribution is 2.20. The van der Waals surface area contributed by atoms with E-state index in [-0.39, 0.29) is 5.25 Å². The van der Waals surface area contributed by atoms with Gasteiger partial charge < -0.3 is 11.1 Å². The Kier molecular flexibility index (Phi) is 5.69. The second kappa shape index (κ2) is 7.29. The highest BCUT2D eigenvalue weighted by atomic mass is 32.2. The summed E-state index contributed by atoms with van der Waals surface area (Å²) in [5.41, 5.74) is 5.91. The molecule has 1 atom stereocenters. The Bertz CT molecular complexity index is 426. The lowest BCUT2D eigenvalue weighted by Gasteiger charge is -2.21. The quantitative estimate of drug-likeness (QED) is 0.471. The predicted molar refractivity (Wildman–Crippen MR) is 82.5 cm³/mol. The van der Waals surface area contributed by atoms with Crippen LogP contribution in [0.3, 0.4) is 0 Å². The lowest BCUT2D eigenvalue weighted by molar-refractivity contribution is 0.527. The molecule has 2 rings (SSSR count). The zero-order chi connectivity index (χ0) is 14.4. The SMILES string of the molecule is NC(=NCC1CCCCS1(=O)=O)NC1CCCCCC1. The molecule has 0 bridgehead atoms. The van der Waals surface area contributed by atoms with Crippen LogP contribution < -0.4 is 11.1 Å². The third-order valence-corrected chi connectivity index (χ3v) is 6.64. The van der Waals surface area contributed by atoms with Crippen LogP contribution in [0.2, 0.25) is 0 Å². The molecule has 1 saturated carbocycles. The van der Waals surface area contributed by atoms with E-state index in [2.05, 4.69) is 10.3 Å². The molecule has 0 spiro atoms. The summed E-state index contributed by atoms with van der Waals surface area (Å²) in [6, 6.07) is 0.407. The molecule has 1 heterocycles. The minimum absolute atomic E-state index is 0.309.